The predicted molar refractivity (Wildman–Crippen MR) is 125 cm³/mol. The third kappa shape index (κ3) is 4.43. The lowest BCUT2D eigenvalue weighted by Crippen LogP contribution is -2.09. The van der Waals surface area contributed by atoms with Crippen molar-refractivity contribution in [2.45, 2.75) is 40.2 Å². The van der Waals surface area contributed by atoms with Gasteiger partial charge in [-0.1, -0.05) is 41.3 Å². The highest BCUT2D eigenvalue weighted by atomic mass is 32.2. The van der Waals surface area contributed by atoms with E-state index in [9.17, 15) is 5.21 Å². The second kappa shape index (κ2) is 9.73. The number of aryl methyl sites for hydroxylation is 3. The van der Waals surface area contributed by atoms with Crippen molar-refractivity contribution >= 4 is 35.8 Å². The molecule has 5 nitrogen and oxygen atoms in total. The number of hydrogen-bond acceptors (Lipinski definition) is 6. The SMILES string of the molecule is [3H][B]SOC1C/C(=N\O)C(c2cc(C)c(C)c(C)c2)=C1c1ccc(C)c(OCOC)c1. The summed E-state index contributed by atoms with van der Waals surface area (Å²) >= 11 is 0.963. The number of nitrogens with zero attached hydrogens (tertiary/aromatic N) is 1. The van der Waals surface area contributed by atoms with Gasteiger partial charge in [-0.05, 0) is 74.1 Å². The second-order valence-corrected chi connectivity index (χ2v) is 7.87. The molecule has 2 aromatic rings. The molecule has 1 N–H and O–H groups in total. The van der Waals surface area contributed by atoms with E-state index in [4.69, 9.17) is 15.0 Å². The molecule has 0 saturated heterocycles. The first-order chi connectivity index (χ1) is 14.9. The smallest absolute Gasteiger partial charge is 0.209 e. The number of methoxy groups -OCH3 is 1. The first kappa shape index (κ1) is 21.0. The van der Waals surface area contributed by atoms with Crippen molar-refractivity contribution in [1.82, 2.24) is 0 Å². The molecule has 7 heteroatoms. The number of ether oxygens (including phenoxy) is 2. The molecule has 0 aliphatic heterocycles. The quantitative estimate of drug-likeness (QED) is 0.214. The van der Waals surface area contributed by atoms with E-state index < -0.39 is 0 Å². The topological polar surface area (TPSA) is 60.3 Å². The van der Waals surface area contributed by atoms with Gasteiger partial charge in [0.2, 0.25) is 7.09 Å². The largest absolute Gasteiger partial charge is 0.467 e. The Morgan fingerprint density at radius 2 is 1.87 bits per heavy atom. The molecule has 1 radical (unpaired) electrons. The van der Waals surface area contributed by atoms with E-state index in [-0.39, 0.29) is 12.9 Å². The lowest BCUT2D eigenvalue weighted by atomic mass is 9.91. The maximum Gasteiger partial charge on any atom is 0.209 e. The van der Waals surface area contributed by atoms with Crippen molar-refractivity contribution in [3.05, 3.63) is 63.7 Å². The zero-order chi connectivity index (χ0) is 22.5. The standard InChI is InChI=1S/C23H27BNO4S/c1-13-6-7-17(10-20(13)28-12-27-5)23-21(29-30-24)11-19(25-26)22(23)18-8-14(2)16(4)15(3)9-18/h6-10,21,24,26H,11-12H2,1-5H3/b25-19+/i24T. The average molecular weight is 426 g/mol. The molecular weight excluding hydrogens is 397 g/mol. The molecule has 0 fully saturated rings. The number of hydrogen-bond donors (Lipinski definition) is 1. The minimum atomic E-state index is -0.368. The molecule has 0 aromatic heterocycles. The van der Waals surface area contributed by atoms with Crippen LogP contribution in [0.3, 0.4) is 0 Å². The summed E-state index contributed by atoms with van der Waals surface area (Å²) in [7, 11) is 2.73. The Hall–Kier alpha value is -2.22. The van der Waals surface area contributed by atoms with Crippen LogP contribution in [0, 0.1) is 27.7 Å². The predicted octanol–water partition coefficient (Wildman–Crippen LogP) is 4.90. The lowest BCUT2D eigenvalue weighted by Gasteiger charge is -2.18. The van der Waals surface area contributed by atoms with Gasteiger partial charge >= 0.3 is 0 Å². The lowest BCUT2D eigenvalue weighted by molar-refractivity contribution is 0.0506. The maximum absolute atomic E-state index is 9.82. The molecule has 1 unspecified atom stereocenters. The summed E-state index contributed by atoms with van der Waals surface area (Å²) < 4.78 is 24.1. The summed E-state index contributed by atoms with van der Waals surface area (Å²) in [6.07, 6.45) is 0.0447. The number of oxime groups is 1. The van der Waals surface area contributed by atoms with Crippen LogP contribution >= 0.6 is 11.9 Å². The number of rotatable bonds is 8. The van der Waals surface area contributed by atoms with Gasteiger partial charge < -0.3 is 18.9 Å². The van der Waals surface area contributed by atoms with Crippen LogP contribution in [0.15, 0.2) is 35.5 Å². The Morgan fingerprint density at radius 3 is 2.50 bits per heavy atom. The zero-order valence-electron chi connectivity index (χ0n) is 19.0. The average Bonchev–Trinajstić information content (AvgIpc) is 3.13. The molecule has 1 aliphatic rings. The molecular formula is C23H27BNO4S. The first-order valence-electron chi connectivity index (χ1n) is 10.3. The Kier molecular flexibility index (Phi) is 6.82. The highest BCUT2D eigenvalue weighted by Crippen LogP contribution is 2.43. The highest BCUT2D eigenvalue weighted by Gasteiger charge is 2.34. The molecule has 0 saturated carbocycles. The third-order valence-electron chi connectivity index (χ3n) is 5.60. The Labute approximate surface area is 185 Å². The normalized spacial score (nSPS) is 18.1. The summed E-state index contributed by atoms with van der Waals surface area (Å²) in [5.41, 5.74) is 8.79. The van der Waals surface area contributed by atoms with Crippen molar-refractivity contribution in [3.63, 3.8) is 0 Å². The van der Waals surface area contributed by atoms with Crippen molar-refractivity contribution in [3.8, 4) is 5.75 Å². The van der Waals surface area contributed by atoms with Crippen molar-refractivity contribution in [2.24, 2.45) is 5.16 Å². The third-order valence-corrected chi connectivity index (χ3v) is 5.94. The molecule has 2 aromatic carbocycles. The summed E-state index contributed by atoms with van der Waals surface area (Å²) in [6, 6.07) is 10.2. The van der Waals surface area contributed by atoms with E-state index in [0.717, 1.165) is 52.6 Å². The Balaban J connectivity index is 2.23. The summed E-state index contributed by atoms with van der Waals surface area (Å²) in [4.78, 5) is 0. The van der Waals surface area contributed by atoms with Crippen LogP contribution < -0.4 is 4.74 Å². The molecule has 3 rings (SSSR count). The van der Waals surface area contributed by atoms with Crippen molar-refractivity contribution < 1.29 is 18.9 Å². The van der Waals surface area contributed by atoms with Crippen LogP contribution in [-0.2, 0) is 8.92 Å². The summed E-state index contributed by atoms with van der Waals surface area (Å²) in [5, 5.41) is 13.4. The number of allylic oxidation sites excluding steroid dienone is 1. The molecule has 1 atom stereocenters. The van der Waals surface area contributed by atoms with E-state index >= 15 is 0 Å². The van der Waals surface area contributed by atoms with E-state index in [1.807, 2.05) is 25.1 Å². The van der Waals surface area contributed by atoms with Crippen LogP contribution in [0.2, 0.25) is 0 Å². The highest BCUT2D eigenvalue weighted by molar-refractivity contribution is 8.15. The summed E-state index contributed by atoms with van der Waals surface area (Å²) in [5.74, 6) is 0.718. The Morgan fingerprint density at radius 1 is 1.13 bits per heavy atom. The monoisotopic (exact) mass is 426 g/mol. The van der Waals surface area contributed by atoms with Crippen LogP contribution in [-0.4, -0.2) is 39.3 Å². The van der Waals surface area contributed by atoms with Crippen molar-refractivity contribution in [1.29, 1.82) is 1.34 Å². The van der Waals surface area contributed by atoms with Crippen molar-refractivity contribution in [2.75, 3.05) is 13.9 Å². The van der Waals surface area contributed by atoms with Crippen LogP contribution in [0.4, 0.5) is 0 Å². The fraction of sp³-hybridized carbons (Fsp3) is 0.348. The fourth-order valence-corrected chi connectivity index (χ4v) is 4.11. The van der Waals surface area contributed by atoms with Crippen LogP contribution in [0.5, 0.6) is 5.75 Å². The van der Waals surface area contributed by atoms with E-state index in [1.165, 1.54) is 16.7 Å². The maximum atomic E-state index is 9.82. The van der Waals surface area contributed by atoms with Gasteiger partial charge in [0, 0.05) is 19.1 Å². The van der Waals surface area contributed by atoms with Gasteiger partial charge in [-0.25, -0.2) is 0 Å². The van der Waals surface area contributed by atoms with Gasteiger partial charge in [0.1, 0.15) is 11.9 Å². The number of benzene rings is 2. The van der Waals surface area contributed by atoms with Gasteiger partial charge in [-0.2, -0.15) is 0 Å². The van der Waals surface area contributed by atoms with E-state index in [1.54, 1.807) is 7.11 Å². The summed E-state index contributed by atoms with van der Waals surface area (Å²) in [6.45, 7) is 8.40. The van der Waals surface area contributed by atoms with Gasteiger partial charge in [0.15, 0.2) is 6.79 Å². The molecule has 30 heavy (non-hydrogen) atoms. The van der Waals surface area contributed by atoms with Gasteiger partial charge in [0.25, 0.3) is 0 Å². The first-order valence-corrected chi connectivity index (χ1v) is 10.5. The second-order valence-electron chi connectivity index (χ2n) is 7.49. The molecule has 1 aliphatic carbocycles. The van der Waals surface area contributed by atoms with Gasteiger partial charge in [-0.15, -0.1) is 0 Å². The molecule has 0 heterocycles. The molecule has 0 amide bonds. The van der Waals surface area contributed by atoms with Gasteiger partial charge in [0.05, 0.1) is 5.71 Å². The zero-order valence-corrected chi connectivity index (χ0v) is 18.8. The van der Waals surface area contributed by atoms with Crippen LogP contribution in [0.25, 0.3) is 11.1 Å². The fourth-order valence-electron chi connectivity index (χ4n) is 3.81. The van der Waals surface area contributed by atoms with E-state index in [0.29, 0.717) is 12.1 Å². The van der Waals surface area contributed by atoms with Crippen LogP contribution in [0.1, 0.15) is 39.8 Å². The minimum Gasteiger partial charge on any atom is -0.467 e. The Bertz CT molecular complexity index is 1000. The molecule has 0 bridgehead atoms. The molecule has 157 valence electrons. The van der Waals surface area contributed by atoms with E-state index in [2.05, 4.69) is 38.1 Å². The molecule has 0 spiro atoms. The van der Waals surface area contributed by atoms with Gasteiger partial charge in [-0.3, -0.25) is 0 Å². The minimum absolute atomic E-state index is 0.152.